The molecule has 0 aliphatic rings. The molecule has 0 unspecified atom stereocenters. The molecule has 59 valence electrons. The van der Waals surface area contributed by atoms with Crippen LogP contribution in [0.3, 0.4) is 0 Å². The number of H-pyrrole nitrogens is 1. The Labute approximate surface area is 68.4 Å². The highest BCUT2D eigenvalue weighted by atomic mass is 16.1. The van der Waals surface area contributed by atoms with Gasteiger partial charge >= 0.3 is 0 Å². The Hall–Kier alpha value is -1.84. The average Bonchev–Trinajstić information content (AvgIpc) is 2.46. The standard InChI is InChI=1S/C8H6N3O/c9-7(12)8-10-5-3-1-2-4-6(5)11-8/h1,3-4H,(H2,9,12)(H,10,11). The van der Waals surface area contributed by atoms with Crippen molar-refractivity contribution in [1.82, 2.24) is 9.97 Å². The second-order valence-corrected chi connectivity index (χ2v) is 2.39. The van der Waals surface area contributed by atoms with Crippen molar-refractivity contribution >= 4 is 16.9 Å². The number of amides is 1. The lowest BCUT2D eigenvalue weighted by Crippen LogP contribution is -2.12. The van der Waals surface area contributed by atoms with E-state index >= 15 is 0 Å². The fraction of sp³-hybridized carbons (Fsp3) is 0. The third kappa shape index (κ3) is 0.934. The summed E-state index contributed by atoms with van der Waals surface area (Å²) in [5.74, 6) is -0.365. The normalized spacial score (nSPS) is 10.3. The Morgan fingerprint density at radius 1 is 1.67 bits per heavy atom. The molecule has 2 aromatic rings. The van der Waals surface area contributed by atoms with Crippen LogP contribution in [0, 0.1) is 6.07 Å². The molecule has 1 aromatic heterocycles. The smallest absolute Gasteiger partial charge is 0.284 e. The van der Waals surface area contributed by atoms with Crippen molar-refractivity contribution in [3.05, 3.63) is 30.1 Å². The summed E-state index contributed by atoms with van der Waals surface area (Å²) in [5.41, 5.74) is 6.53. The highest BCUT2D eigenvalue weighted by Gasteiger charge is 2.05. The zero-order chi connectivity index (χ0) is 8.55. The number of rotatable bonds is 1. The number of benzene rings is 1. The predicted octanol–water partition coefficient (Wildman–Crippen LogP) is 0.462. The molecule has 0 saturated heterocycles. The lowest BCUT2D eigenvalue weighted by atomic mass is 10.3. The number of nitrogens with one attached hydrogen (secondary N) is 1. The van der Waals surface area contributed by atoms with Crippen molar-refractivity contribution in [3.63, 3.8) is 0 Å². The summed E-state index contributed by atoms with van der Waals surface area (Å²) in [6.45, 7) is 0. The van der Waals surface area contributed by atoms with Gasteiger partial charge in [0.25, 0.3) is 5.91 Å². The summed E-state index contributed by atoms with van der Waals surface area (Å²) in [7, 11) is 0. The molecule has 1 radical (unpaired) electrons. The zero-order valence-electron chi connectivity index (χ0n) is 6.16. The Bertz CT molecular complexity index is 400. The van der Waals surface area contributed by atoms with Crippen LogP contribution in [0.4, 0.5) is 0 Å². The number of hydrogen-bond donors (Lipinski definition) is 2. The van der Waals surface area contributed by atoms with Crippen LogP contribution in [-0.2, 0) is 0 Å². The van der Waals surface area contributed by atoms with Crippen LogP contribution >= 0.6 is 0 Å². The molecule has 1 amide bonds. The zero-order valence-corrected chi connectivity index (χ0v) is 6.16. The highest BCUT2D eigenvalue weighted by Crippen LogP contribution is 2.08. The maximum Gasteiger partial charge on any atom is 0.284 e. The van der Waals surface area contributed by atoms with E-state index in [0.717, 1.165) is 5.52 Å². The second kappa shape index (κ2) is 2.34. The van der Waals surface area contributed by atoms with Gasteiger partial charge in [0.2, 0.25) is 0 Å². The molecule has 0 aliphatic heterocycles. The van der Waals surface area contributed by atoms with Gasteiger partial charge in [-0.15, -0.1) is 0 Å². The van der Waals surface area contributed by atoms with Crippen LogP contribution in [0.1, 0.15) is 10.6 Å². The minimum absolute atomic E-state index is 0.185. The Morgan fingerprint density at radius 3 is 3.17 bits per heavy atom. The summed E-state index contributed by atoms with van der Waals surface area (Å²) < 4.78 is 0. The van der Waals surface area contributed by atoms with Crippen molar-refractivity contribution in [1.29, 1.82) is 0 Å². The number of nitrogens with two attached hydrogens (primary N) is 1. The van der Waals surface area contributed by atoms with Gasteiger partial charge in [-0.05, 0) is 18.2 Å². The number of fused-ring (bicyclic) bond motifs is 1. The largest absolute Gasteiger partial charge is 0.363 e. The topological polar surface area (TPSA) is 71.8 Å². The molecule has 2 rings (SSSR count). The first-order valence-corrected chi connectivity index (χ1v) is 3.43. The van der Waals surface area contributed by atoms with Crippen molar-refractivity contribution in [2.24, 2.45) is 5.73 Å². The molecule has 12 heavy (non-hydrogen) atoms. The fourth-order valence-corrected chi connectivity index (χ4v) is 1.01. The van der Waals surface area contributed by atoms with E-state index < -0.39 is 5.91 Å². The second-order valence-electron chi connectivity index (χ2n) is 2.39. The number of aromatic amines is 1. The number of carbonyl (C=O) groups is 1. The van der Waals surface area contributed by atoms with Crippen LogP contribution < -0.4 is 5.73 Å². The molecule has 0 atom stereocenters. The maximum absolute atomic E-state index is 10.7. The molecule has 4 heteroatoms. The Morgan fingerprint density at radius 2 is 2.50 bits per heavy atom. The lowest BCUT2D eigenvalue weighted by Gasteiger charge is -1.82. The number of nitrogens with zero attached hydrogens (tertiary/aromatic N) is 1. The fourth-order valence-electron chi connectivity index (χ4n) is 1.01. The quantitative estimate of drug-likeness (QED) is 0.636. The van der Waals surface area contributed by atoms with E-state index in [1.54, 1.807) is 18.2 Å². The van der Waals surface area contributed by atoms with Gasteiger partial charge in [-0.2, -0.15) is 0 Å². The minimum atomic E-state index is -0.550. The number of imidazole rings is 1. The summed E-state index contributed by atoms with van der Waals surface area (Å²) in [6.07, 6.45) is 0. The van der Waals surface area contributed by atoms with E-state index in [1.807, 2.05) is 0 Å². The first-order chi connectivity index (χ1) is 5.77. The van der Waals surface area contributed by atoms with Gasteiger partial charge in [0.05, 0.1) is 11.0 Å². The number of primary amides is 1. The Kier molecular flexibility index (Phi) is 1.33. The molecule has 1 heterocycles. The van der Waals surface area contributed by atoms with Gasteiger partial charge in [-0.1, -0.05) is 6.07 Å². The highest BCUT2D eigenvalue weighted by molar-refractivity contribution is 5.92. The average molecular weight is 160 g/mol. The Balaban J connectivity index is 2.70. The minimum Gasteiger partial charge on any atom is -0.363 e. The van der Waals surface area contributed by atoms with Crippen LogP contribution in [-0.4, -0.2) is 15.9 Å². The van der Waals surface area contributed by atoms with E-state index in [1.165, 1.54) is 0 Å². The SMILES string of the molecule is NC(=O)c1nc2c[c]ccc2[nH]1. The van der Waals surface area contributed by atoms with E-state index in [4.69, 9.17) is 5.73 Å². The van der Waals surface area contributed by atoms with Crippen LogP contribution in [0.2, 0.25) is 0 Å². The molecule has 0 spiro atoms. The van der Waals surface area contributed by atoms with Crippen molar-refractivity contribution in [2.45, 2.75) is 0 Å². The molecular formula is C8H6N3O. The first kappa shape index (κ1) is 6.84. The summed E-state index contributed by atoms with van der Waals surface area (Å²) in [5, 5.41) is 0. The summed E-state index contributed by atoms with van der Waals surface area (Å²) >= 11 is 0. The van der Waals surface area contributed by atoms with E-state index in [9.17, 15) is 4.79 Å². The molecule has 1 aromatic carbocycles. The summed E-state index contributed by atoms with van der Waals surface area (Å²) in [6, 6.07) is 8.07. The molecule has 0 fully saturated rings. The van der Waals surface area contributed by atoms with Gasteiger partial charge in [-0.25, -0.2) is 4.98 Å². The third-order valence-electron chi connectivity index (χ3n) is 1.56. The van der Waals surface area contributed by atoms with Gasteiger partial charge in [0.15, 0.2) is 5.82 Å². The summed E-state index contributed by atoms with van der Waals surface area (Å²) in [4.78, 5) is 17.4. The molecular weight excluding hydrogens is 154 g/mol. The first-order valence-electron chi connectivity index (χ1n) is 3.43. The molecule has 3 N–H and O–H groups in total. The lowest BCUT2D eigenvalue weighted by molar-refractivity contribution is 0.0991. The number of hydrogen-bond acceptors (Lipinski definition) is 2. The number of carbonyl (C=O) groups excluding carboxylic acids is 1. The van der Waals surface area contributed by atoms with Gasteiger partial charge in [-0.3, -0.25) is 4.79 Å². The molecule has 0 aliphatic carbocycles. The molecule has 0 saturated carbocycles. The van der Waals surface area contributed by atoms with Crippen molar-refractivity contribution in [2.75, 3.05) is 0 Å². The maximum atomic E-state index is 10.7. The van der Waals surface area contributed by atoms with Gasteiger partial charge in [0.1, 0.15) is 0 Å². The van der Waals surface area contributed by atoms with Gasteiger partial charge < -0.3 is 10.7 Å². The molecule has 0 bridgehead atoms. The monoisotopic (exact) mass is 160 g/mol. The van der Waals surface area contributed by atoms with Gasteiger partial charge in [0, 0.05) is 0 Å². The third-order valence-corrected chi connectivity index (χ3v) is 1.56. The van der Waals surface area contributed by atoms with Crippen LogP contribution in [0.15, 0.2) is 18.2 Å². The van der Waals surface area contributed by atoms with E-state index in [0.29, 0.717) is 5.52 Å². The van der Waals surface area contributed by atoms with Crippen LogP contribution in [0.25, 0.3) is 11.0 Å². The van der Waals surface area contributed by atoms with Crippen molar-refractivity contribution < 1.29 is 4.79 Å². The van der Waals surface area contributed by atoms with Crippen LogP contribution in [0.5, 0.6) is 0 Å². The molecule has 4 nitrogen and oxygen atoms in total. The van der Waals surface area contributed by atoms with Crippen molar-refractivity contribution in [3.8, 4) is 0 Å². The predicted molar refractivity (Wildman–Crippen MR) is 43.4 cm³/mol. The number of aromatic nitrogens is 2. The van der Waals surface area contributed by atoms with E-state index in [2.05, 4.69) is 16.0 Å². The van der Waals surface area contributed by atoms with E-state index in [-0.39, 0.29) is 5.82 Å².